The van der Waals surface area contributed by atoms with E-state index in [1.54, 1.807) is 4.68 Å². The van der Waals surface area contributed by atoms with Crippen LogP contribution >= 0.6 is 11.6 Å². The normalized spacial score (nSPS) is 11.0. The van der Waals surface area contributed by atoms with Crippen LogP contribution in [0.2, 0.25) is 5.02 Å². The largest absolute Gasteiger partial charge is 0.368 e. The quantitative estimate of drug-likeness (QED) is 0.872. The van der Waals surface area contributed by atoms with Crippen LogP contribution < -0.4 is 5.73 Å². The van der Waals surface area contributed by atoms with Crippen LogP contribution in [0.4, 0.5) is 5.95 Å². The number of aromatic nitrogens is 3. The summed E-state index contributed by atoms with van der Waals surface area (Å²) in [5, 5.41) is 5.04. The van der Waals surface area contributed by atoms with E-state index in [-0.39, 0.29) is 6.04 Å². The zero-order chi connectivity index (χ0) is 11.7. The Kier molecular flexibility index (Phi) is 2.83. The van der Waals surface area contributed by atoms with Crippen molar-refractivity contribution in [2.45, 2.75) is 19.9 Å². The van der Waals surface area contributed by atoms with Crippen LogP contribution in [-0.2, 0) is 0 Å². The van der Waals surface area contributed by atoms with Crippen LogP contribution in [0, 0.1) is 0 Å². The fraction of sp³-hybridized carbons (Fsp3) is 0.273. The third-order valence-corrected chi connectivity index (χ3v) is 2.50. The molecular formula is C11H13ClN4. The highest BCUT2D eigenvalue weighted by atomic mass is 35.5. The first-order valence-electron chi connectivity index (χ1n) is 5.06. The van der Waals surface area contributed by atoms with Crippen molar-refractivity contribution in [2.75, 3.05) is 5.73 Å². The zero-order valence-corrected chi connectivity index (χ0v) is 9.94. The van der Waals surface area contributed by atoms with Crippen LogP contribution in [-0.4, -0.2) is 14.8 Å². The summed E-state index contributed by atoms with van der Waals surface area (Å²) in [7, 11) is 0. The number of halogens is 1. The standard InChI is InChI=1S/C11H13ClN4/c1-7(2)16-11(13)14-10(15-16)8-3-5-9(12)6-4-8/h3-7H,1-2H3,(H2,13,14,15). The molecule has 0 saturated heterocycles. The maximum atomic E-state index is 5.82. The molecule has 0 atom stereocenters. The van der Waals surface area contributed by atoms with Gasteiger partial charge in [0, 0.05) is 10.6 Å². The fourth-order valence-electron chi connectivity index (χ4n) is 1.44. The van der Waals surface area contributed by atoms with Gasteiger partial charge in [0.25, 0.3) is 0 Å². The summed E-state index contributed by atoms with van der Waals surface area (Å²) in [4.78, 5) is 4.22. The minimum absolute atomic E-state index is 0.202. The van der Waals surface area contributed by atoms with Crippen molar-refractivity contribution in [3.63, 3.8) is 0 Å². The van der Waals surface area contributed by atoms with Crippen LogP contribution in [0.25, 0.3) is 11.4 Å². The van der Waals surface area contributed by atoms with Crippen molar-refractivity contribution >= 4 is 17.5 Å². The molecule has 0 aliphatic carbocycles. The summed E-state index contributed by atoms with van der Waals surface area (Å²) >= 11 is 5.82. The molecule has 0 amide bonds. The van der Waals surface area contributed by atoms with Gasteiger partial charge in [-0.05, 0) is 38.1 Å². The Morgan fingerprint density at radius 3 is 2.38 bits per heavy atom. The molecule has 0 aliphatic rings. The molecule has 5 heteroatoms. The molecule has 1 aromatic carbocycles. The Balaban J connectivity index is 2.41. The Labute approximate surface area is 99.1 Å². The van der Waals surface area contributed by atoms with Crippen molar-refractivity contribution in [2.24, 2.45) is 0 Å². The average Bonchev–Trinajstić information content (AvgIpc) is 2.61. The predicted octanol–water partition coefficient (Wildman–Crippen LogP) is 2.76. The van der Waals surface area contributed by atoms with Crippen molar-refractivity contribution < 1.29 is 0 Å². The topological polar surface area (TPSA) is 56.7 Å². The SMILES string of the molecule is CC(C)n1nc(-c2ccc(Cl)cc2)nc1N. The molecule has 16 heavy (non-hydrogen) atoms. The van der Waals surface area contributed by atoms with E-state index in [0.717, 1.165) is 5.56 Å². The summed E-state index contributed by atoms with van der Waals surface area (Å²) < 4.78 is 1.70. The monoisotopic (exact) mass is 236 g/mol. The van der Waals surface area contributed by atoms with Crippen LogP contribution in [0.3, 0.4) is 0 Å². The van der Waals surface area contributed by atoms with Crippen molar-refractivity contribution in [1.29, 1.82) is 0 Å². The third kappa shape index (κ3) is 2.02. The van der Waals surface area contributed by atoms with Crippen LogP contribution in [0.1, 0.15) is 19.9 Å². The summed E-state index contributed by atoms with van der Waals surface area (Å²) in [6.07, 6.45) is 0. The van der Waals surface area contributed by atoms with Gasteiger partial charge < -0.3 is 5.73 Å². The molecule has 1 heterocycles. The van der Waals surface area contributed by atoms with E-state index >= 15 is 0 Å². The molecule has 0 aliphatic heterocycles. The van der Waals surface area contributed by atoms with Gasteiger partial charge in [-0.25, -0.2) is 4.68 Å². The number of benzene rings is 1. The number of nitrogens with zero attached hydrogens (tertiary/aromatic N) is 3. The van der Waals surface area contributed by atoms with Gasteiger partial charge in [-0.3, -0.25) is 0 Å². The summed E-state index contributed by atoms with van der Waals surface area (Å²) in [5.74, 6) is 1.06. The van der Waals surface area contributed by atoms with Gasteiger partial charge in [-0.2, -0.15) is 4.98 Å². The predicted molar refractivity (Wildman–Crippen MR) is 65.3 cm³/mol. The van der Waals surface area contributed by atoms with E-state index in [1.807, 2.05) is 38.1 Å². The van der Waals surface area contributed by atoms with E-state index in [4.69, 9.17) is 17.3 Å². The summed E-state index contributed by atoms with van der Waals surface area (Å²) in [5.41, 5.74) is 6.69. The summed E-state index contributed by atoms with van der Waals surface area (Å²) in [6, 6.07) is 7.57. The maximum Gasteiger partial charge on any atom is 0.219 e. The second-order valence-electron chi connectivity index (χ2n) is 3.84. The smallest absolute Gasteiger partial charge is 0.219 e. The molecule has 2 aromatic rings. The minimum Gasteiger partial charge on any atom is -0.368 e. The lowest BCUT2D eigenvalue weighted by atomic mass is 10.2. The van der Waals surface area contributed by atoms with E-state index in [2.05, 4.69) is 10.1 Å². The average molecular weight is 237 g/mol. The first kappa shape index (κ1) is 11.0. The molecule has 0 saturated carbocycles. The first-order valence-corrected chi connectivity index (χ1v) is 5.43. The van der Waals surface area contributed by atoms with Crippen molar-refractivity contribution in [3.8, 4) is 11.4 Å². The van der Waals surface area contributed by atoms with Gasteiger partial charge >= 0.3 is 0 Å². The van der Waals surface area contributed by atoms with E-state index in [0.29, 0.717) is 16.8 Å². The van der Waals surface area contributed by atoms with Gasteiger partial charge in [-0.1, -0.05) is 11.6 Å². The zero-order valence-electron chi connectivity index (χ0n) is 9.18. The Bertz CT molecular complexity index is 487. The fourth-order valence-corrected chi connectivity index (χ4v) is 1.56. The second kappa shape index (κ2) is 4.14. The second-order valence-corrected chi connectivity index (χ2v) is 4.28. The lowest BCUT2D eigenvalue weighted by molar-refractivity contribution is 0.541. The molecule has 0 fully saturated rings. The third-order valence-electron chi connectivity index (χ3n) is 2.25. The van der Waals surface area contributed by atoms with Gasteiger partial charge in [-0.15, -0.1) is 5.10 Å². The van der Waals surface area contributed by atoms with Gasteiger partial charge in [0.1, 0.15) is 0 Å². The molecule has 0 spiro atoms. The minimum atomic E-state index is 0.202. The molecular weight excluding hydrogens is 224 g/mol. The highest BCUT2D eigenvalue weighted by Gasteiger charge is 2.10. The van der Waals surface area contributed by atoms with Crippen molar-refractivity contribution in [1.82, 2.24) is 14.8 Å². The van der Waals surface area contributed by atoms with Crippen LogP contribution in [0.5, 0.6) is 0 Å². The molecule has 4 nitrogen and oxygen atoms in total. The molecule has 84 valence electrons. The molecule has 2 N–H and O–H groups in total. The van der Waals surface area contributed by atoms with Gasteiger partial charge in [0.05, 0.1) is 6.04 Å². The van der Waals surface area contributed by atoms with E-state index in [9.17, 15) is 0 Å². The first-order chi connectivity index (χ1) is 7.58. The molecule has 0 bridgehead atoms. The van der Waals surface area contributed by atoms with Gasteiger partial charge in [0.2, 0.25) is 5.95 Å². The highest BCUT2D eigenvalue weighted by molar-refractivity contribution is 6.30. The molecule has 0 unspecified atom stereocenters. The molecule has 1 aromatic heterocycles. The summed E-state index contributed by atoms with van der Waals surface area (Å²) in [6.45, 7) is 4.02. The lowest BCUT2D eigenvalue weighted by Crippen LogP contribution is -2.07. The number of hydrogen-bond donors (Lipinski definition) is 1. The van der Waals surface area contributed by atoms with E-state index < -0.39 is 0 Å². The van der Waals surface area contributed by atoms with Crippen LogP contribution in [0.15, 0.2) is 24.3 Å². The lowest BCUT2D eigenvalue weighted by Gasteiger charge is -2.04. The Morgan fingerprint density at radius 1 is 1.25 bits per heavy atom. The molecule has 2 rings (SSSR count). The Hall–Kier alpha value is -1.55. The number of anilines is 1. The molecule has 0 radical (unpaired) electrons. The van der Waals surface area contributed by atoms with Crippen molar-refractivity contribution in [3.05, 3.63) is 29.3 Å². The number of rotatable bonds is 2. The number of hydrogen-bond acceptors (Lipinski definition) is 3. The Morgan fingerprint density at radius 2 is 1.88 bits per heavy atom. The number of nitrogen functional groups attached to an aromatic ring is 1. The van der Waals surface area contributed by atoms with E-state index in [1.165, 1.54) is 0 Å². The van der Waals surface area contributed by atoms with Gasteiger partial charge in [0.15, 0.2) is 5.82 Å². The number of nitrogens with two attached hydrogens (primary N) is 1. The maximum absolute atomic E-state index is 5.82. The highest BCUT2D eigenvalue weighted by Crippen LogP contribution is 2.20.